The smallest absolute Gasteiger partial charge is 0.136 e. The normalized spacial score (nSPS) is 11.5. The summed E-state index contributed by atoms with van der Waals surface area (Å²) in [6.07, 6.45) is 1.84. The molecule has 9 rings (SSSR count). The lowest BCUT2D eigenvalue weighted by Crippen LogP contribution is -2.10. The molecule has 0 saturated carbocycles. The van der Waals surface area contributed by atoms with E-state index in [1.54, 1.807) is 0 Å². The molecule has 0 unspecified atom stereocenters. The van der Waals surface area contributed by atoms with Gasteiger partial charge in [-0.3, -0.25) is 4.98 Å². The SMILES string of the molecule is c1ccc(-c2cccc(N(c3ccc(-c4ccccn4)cc3)c3ccc4c(ccc5cc6oc7ccccc7c6cc54)c3)c2)cc1. The van der Waals surface area contributed by atoms with Crippen LogP contribution in [0.2, 0.25) is 0 Å². The van der Waals surface area contributed by atoms with E-state index in [0.717, 1.165) is 50.3 Å². The van der Waals surface area contributed by atoms with Crippen molar-refractivity contribution in [1.29, 1.82) is 0 Å². The number of anilines is 3. The van der Waals surface area contributed by atoms with Crippen molar-refractivity contribution in [2.45, 2.75) is 0 Å². The Bertz CT molecular complexity index is 2520. The number of pyridine rings is 1. The molecule has 3 nitrogen and oxygen atoms in total. The Morgan fingerprint density at radius 2 is 1.13 bits per heavy atom. The largest absolute Gasteiger partial charge is 0.456 e. The fraction of sp³-hybridized carbons (Fsp3) is 0. The maximum Gasteiger partial charge on any atom is 0.136 e. The Hall–Kier alpha value is -6.19. The zero-order chi connectivity index (χ0) is 30.5. The van der Waals surface area contributed by atoms with Crippen LogP contribution in [-0.4, -0.2) is 4.98 Å². The number of hydrogen-bond donors (Lipinski definition) is 0. The number of hydrogen-bond acceptors (Lipinski definition) is 3. The first-order chi connectivity index (χ1) is 22.8. The van der Waals surface area contributed by atoms with Crippen LogP contribution in [-0.2, 0) is 0 Å². The van der Waals surface area contributed by atoms with E-state index in [2.05, 4.69) is 143 Å². The Morgan fingerprint density at radius 3 is 1.98 bits per heavy atom. The molecule has 0 bridgehead atoms. The van der Waals surface area contributed by atoms with E-state index >= 15 is 0 Å². The monoisotopic (exact) mass is 588 g/mol. The highest BCUT2D eigenvalue weighted by Gasteiger charge is 2.16. The topological polar surface area (TPSA) is 29.3 Å². The number of nitrogens with zero attached hydrogens (tertiary/aromatic N) is 2. The van der Waals surface area contributed by atoms with Crippen molar-refractivity contribution in [3.05, 3.63) is 170 Å². The molecule has 0 N–H and O–H groups in total. The van der Waals surface area contributed by atoms with Gasteiger partial charge in [0, 0.05) is 39.6 Å². The van der Waals surface area contributed by atoms with Crippen LogP contribution in [0.4, 0.5) is 17.1 Å². The van der Waals surface area contributed by atoms with Gasteiger partial charge in [-0.2, -0.15) is 0 Å². The Kier molecular flexibility index (Phi) is 6.14. The van der Waals surface area contributed by atoms with Crippen molar-refractivity contribution in [3.8, 4) is 22.4 Å². The standard InChI is InChI=1S/C43H28N2O/c1-2-9-29(10-3-1)31-11-8-12-35(25-31)45(34-20-18-30(19-21-34)41-14-6-7-24-44-41)36-22-23-37-32(26-36)16-17-33-27-43-40(28-39(33)37)38-13-4-5-15-42(38)46-43/h1-28H. The summed E-state index contributed by atoms with van der Waals surface area (Å²) in [5.74, 6) is 0. The summed E-state index contributed by atoms with van der Waals surface area (Å²) in [6.45, 7) is 0. The Morgan fingerprint density at radius 1 is 0.391 bits per heavy atom. The van der Waals surface area contributed by atoms with E-state index in [9.17, 15) is 0 Å². The highest BCUT2D eigenvalue weighted by molar-refractivity contribution is 6.16. The van der Waals surface area contributed by atoms with Crippen LogP contribution in [0, 0.1) is 0 Å². The molecule has 0 atom stereocenters. The van der Waals surface area contributed by atoms with Crippen LogP contribution < -0.4 is 4.90 Å². The number of para-hydroxylation sites is 1. The molecular formula is C43H28N2O. The van der Waals surface area contributed by atoms with E-state index in [1.165, 1.54) is 32.7 Å². The molecule has 0 saturated heterocycles. The average Bonchev–Trinajstić information content (AvgIpc) is 3.49. The van der Waals surface area contributed by atoms with Crippen LogP contribution >= 0.6 is 0 Å². The number of fused-ring (bicyclic) bond motifs is 6. The second-order valence-corrected chi connectivity index (χ2v) is 11.7. The lowest BCUT2D eigenvalue weighted by Gasteiger charge is -2.26. The van der Waals surface area contributed by atoms with Gasteiger partial charge in [0.05, 0.1) is 5.69 Å². The Balaban J connectivity index is 1.20. The maximum absolute atomic E-state index is 6.19. The zero-order valence-electron chi connectivity index (χ0n) is 25.0. The Labute approximate surface area is 266 Å². The highest BCUT2D eigenvalue weighted by Crippen LogP contribution is 2.40. The minimum Gasteiger partial charge on any atom is -0.456 e. The molecule has 0 fully saturated rings. The molecule has 0 spiro atoms. The van der Waals surface area contributed by atoms with E-state index < -0.39 is 0 Å². The van der Waals surface area contributed by atoms with Crippen LogP contribution in [0.25, 0.3) is 65.9 Å². The third-order valence-corrected chi connectivity index (χ3v) is 8.87. The molecule has 2 heterocycles. The highest BCUT2D eigenvalue weighted by atomic mass is 16.3. The fourth-order valence-corrected chi connectivity index (χ4v) is 6.63. The van der Waals surface area contributed by atoms with Gasteiger partial charge < -0.3 is 9.32 Å². The van der Waals surface area contributed by atoms with Crippen molar-refractivity contribution >= 4 is 60.5 Å². The van der Waals surface area contributed by atoms with Gasteiger partial charge in [-0.25, -0.2) is 0 Å². The molecule has 46 heavy (non-hydrogen) atoms. The molecule has 9 aromatic rings. The van der Waals surface area contributed by atoms with E-state index in [1.807, 2.05) is 36.5 Å². The second-order valence-electron chi connectivity index (χ2n) is 11.7. The van der Waals surface area contributed by atoms with Gasteiger partial charge in [0.25, 0.3) is 0 Å². The summed E-state index contributed by atoms with van der Waals surface area (Å²) in [7, 11) is 0. The van der Waals surface area contributed by atoms with Gasteiger partial charge in [0.15, 0.2) is 0 Å². The lowest BCUT2D eigenvalue weighted by atomic mass is 9.98. The second kappa shape index (κ2) is 10.8. The van der Waals surface area contributed by atoms with Crippen molar-refractivity contribution in [1.82, 2.24) is 4.98 Å². The fourth-order valence-electron chi connectivity index (χ4n) is 6.63. The minimum atomic E-state index is 0.918. The van der Waals surface area contributed by atoms with Gasteiger partial charge in [-0.05, 0) is 99.4 Å². The summed E-state index contributed by atoms with van der Waals surface area (Å²) < 4.78 is 6.19. The van der Waals surface area contributed by atoms with E-state index in [-0.39, 0.29) is 0 Å². The number of rotatable bonds is 5. The third kappa shape index (κ3) is 4.49. The van der Waals surface area contributed by atoms with Crippen LogP contribution in [0.1, 0.15) is 0 Å². The molecule has 7 aromatic carbocycles. The molecule has 216 valence electrons. The van der Waals surface area contributed by atoms with Gasteiger partial charge in [-0.15, -0.1) is 0 Å². The molecule has 0 aliphatic carbocycles. The summed E-state index contributed by atoms with van der Waals surface area (Å²) in [5.41, 5.74) is 9.53. The van der Waals surface area contributed by atoms with Gasteiger partial charge in [0.1, 0.15) is 11.2 Å². The van der Waals surface area contributed by atoms with Gasteiger partial charge >= 0.3 is 0 Å². The number of aromatic nitrogens is 1. The van der Waals surface area contributed by atoms with Crippen molar-refractivity contribution in [3.63, 3.8) is 0 Å². The number of benzene rings is 7. The maximum atomic E-state index is 6.19. The molecular weight excluding hydrogens is 560 g/mol. The predicted molar refractivity (Wildman–Crippen MR) is 192 cm³/mol. The van der Waals surface area contributed by atoms with E-state index in [0.29, 0.717) is 0 Å². The lowest BCUT2D eigenvalue weighted by molar-refractivity contribution is 0.669. The molecule has 3 heteroatoms. The number of furan rings is 1. The van der Waals surface area contributed by atoms with Crippen molar-refractivity contribution < 1.29 is 4.42 Å². The van der Waals surface area contributed by atoms with Crippen molar-refractivity contribution in [2.24, 2.45) is 0 Å². The molecule has 0 aliphatic heterocycles. The van der Waals surface area contributed by atoms with Gasteiger partial charge in [-0.1, -0.05) is 97.1 Å². The van der Waals surface area contributed by atoms with Crippen LogP contribution in [0.5, 0.6) is 0 Å². The zero-order valence-corrected chi connectivity index (χ0v) is 25.0. The van der Waals surface area contributed by atoms with Crippen LogP contribution in [0.3, 0.4) is 0 Å². The first kappa shape index (κ1) is 26.2. The minimum absolute atomic E-state index is 0.918. The first-order valence-electron chi connectivity index (χ1n) is 15.5. The van der Waals surface area contributed by atoms with Crippen molar-refractivity contribution in [2.75, 3.05) is 4.90 Å². The van der Waals surface area contributed by atoms with Crippen LogP contribution in [0.15, 0.2) is 174 Å². The summed E-state index contributed by atoms with van der Waals surface area (Å²) in [5, 5.41) is 7.09. The average molecular weight is 589 g/mol. The summed E-state index contributed by atoms with van der Waals surface area (Å²) in [6, 6.07) is 58.0. The molecule has 2 aromatic heterocycles. The predicted octanol–water partition coefficient (Wildman–Crippen LogP) is 12.1. The first-order valence-corrected chi connectivity index (χ1v) is 15.5. The molecule has 0 amide bonds. The summed E-state index contributed by atoms with van der Waals surface area (Å²) in [4.78, 5) is 6.90. The third-order valence-electron chi connectivity index (χ3n) is 8.87. The quantitative estimate of drug-likeness (QED) is 0.187. The molecule has 0 radical (unpaired) electrons. The summed E-state index contributed by atoms with van der Waals surface area (Å²) >= 11 is 0. The molecule has 0 aliphatic rings. The van der Waals surface area contributed by atoms with E-state index in [4.69, 9.17) is 4.42 Å². The van der Waals surface area contributed by atoms with Gasteiger partial charge in [0.2, 0.25) is 0 Å².